The smallest absolute Gasteiger partial charge is 0.0588 e. The van der Waals surface area contributed by atoms with Gasteiger partial charge >= 0.3 is 172 Å². The fourth-order valence-corrected chi connectivity index (χ4v) is 21.2. The molecule has 4 rings (SSSR count). The van der Waals surface area contributed by atoms with Crippen LogP contribution in [-0.2, 0) is 39.2 Å². The van der Waals surface area contributed by atoms with E-state index in [-0.39, 0.29) is 6.10 Å². The van der Waals surface area contributed by atoms with E-state index in [1.54, 1.807) is 0 Å². The van der Waals surface area contributed by atoms with Gasteiger partial charge < -0.3 is 0 Å². The zero-order valence-electron chi connectivity index (χ0n) is 18.1. The molecule has 0 bridgehead atoms. The Bertz CT molecular complexity index is 1060. The van der Waals surface area contributed by atoms with E-state index >= 15 is 0 Å². The van der Waals surface area contributed by atoms with E-state index in [9.17, 15) is 0 Å². The van der Waals surface area contributed by atoms with Crippen molar-refractivity contribution in [3.8, 4) is 0 Å². The normalized spacial score (nSPS) is 23.3. The average molecular weight is 556 g/mol. The summed E-state index contributed by atoms with van der Waals surface area (Å²) in [5, 5.41) is 0. The molecule has 0 amide bonds. The Morgan fingerprint density at radius 2 is 1.94 bits per heavy atom. The monoisotopic (exact) mass is 556 g/mol. The summed E-state index contributed by atoms with van der Waals surface area (Å²) >= 11 is 0. The van der Waals surface area contributed by atoms with E-state index in [0.717, 1.165) is 32.1 Å². The maximum atomic E-state index is 6.59. The summed E-state index contributed by atoms with van der Waals surface area (Å²) in [4.78, 5) is 0. The Balaban J connectivity index is 1.44. The molecule has 168 valence electrons. The van der Waals surface area contributed by atoms with Gasteiger partial charge in [-0.2, -0.15) is 0 Å². The molecule has 3 nitrogen and oxygen atoms in total. The first-order chi connectivity index (χ1) is 15.6. The van der Waals surface area contributed by atoms with Gasteiger partial charge in [-0.3, -0.25) is 0 Å². The fourth-order valence-electron chi connectivity index (χ4n) is 4.24. The van der Waals surface area contributed by atoms with Crippen molar-refractivity contribution in [1.82, 2.24) is 0 Å². The minimum absolute atomic E-state index is 0.0568. The molecule has 2 unspecified atom stereocenters. The molecule has 1 spiro atoms. The zero-order valence-corrected chi connectivity index (χ0v) is 24.6. The van der Waals surface area contributed by atoms with E-state index in [0.29, 0.717) is 13.2 Å². The molecule has 10 heteroatoms. The molecule has 0 N–H and O–H groups in total. The van der Waals surface area contributed by atoms with Crippen LogP contribution < -0.4 is 0 Å². The molecular weight excluding hydrogens is 529 g/mol. The van der Waals surface area contributed by atoms with Crippen molar-refractivity contribution in [1.29, 1.82) is 0 Å². The summed E-state index contributed by atoms with van der Waals surface area (Å²) in [6, 6.07) is 15.7. The van der Waals surface area contributed by atoms with E-state index in [4.69, 9.17) is 14.0 Å². The number of ether oxygens (including phenoxy) is 2. The number of hydrogen-bond donors (Lipinski definition) is 0. The molecule has 2 aliphatic heterocycles. The Labute approximate surface area is 202 Å². The average Bonchev–Trinajstić information content (AvgIpc) is 3.15. The van der Waals surface area contributed by atoms with Crippen LogP contribution >= 0.6 is 54.4 Å². The van der Waals surface area contributed by atoms with Crippen molar-refractivity contribution in [2.24, 2.45) is 0 Å². The van der Waals surface area contributed by atoms with Crippen LogP contribution in [0.5, 0.6) is 0 Å². The third-order valence-corrected chi connectivity index (χ3v) is 21.6. The van der Waals surface area contributed by atoms with Gasteiger partial charge in [0, 0.05) is 0 Å². The summed E-state index contributed by atoms with van der Waals surface area (Å²) in [6.07, 6.45) is 5.06. The summed E-state index contributed by atoms with van der Waals surface area (Å²) < 4.78 is 19.0. The molecule has 1 fully saturated rings. The molecule has 2 aliphatic rings. The van der Waals surface area contributed by atoms with Crippen molar-refractivity contribution in [2.45, 2.75) is 57.5 Å². The Kier molecular flexibility index (Phi) is 10.1. The van der Waals surface area contributed by atoms with Crippen LogP contribution in [0.3, 0.4) is 0 Å². The van der Waals surface area contributed by atoms with Gasteiger partial charge in [-0.15, -0.1) is 0 Å². The second-order valence-electron chi connectivity index (χ2n) is 7.94. The van der Waals surface area contributed by atoms with Crippen LogP contribution in [0, 0.1) is 0 Å². The summed E-state index contributed by atoms with van der Waals surface area (Å²) in [5.74, 6) is -0.615. The third kappa shape index (κ3) is 6.66. The van der Waals surface area contributed by atoms with Gasteiger partial charge in [0.2, 0.25) is 0 Å². The predicted molar refractivity (Wildman–Crippen MR) is 147 cm³/mol. The van der Waals surface area contributed by atoms with Gasteiger partial charge in [-0.1, -0.05) is 19.1 Å². The van der Waals surface area contributed by atoms with Gasteiger partial charge in [0.15, 0.2) is 0 Å². The minimum Gasteiger partial charge on any atom is -0.0588 e. The minimum atomic E-state index is -0.718. The van der Waals surface area contributed by atoms with Crippen molar-refractivity contribution in [2.75, 3.05) is 6.61 Å². The van der Waals surface area contributed by atoms with Gasteiger partial charge in [-0.25, -0.2) is 0 Å². The Hall–Kier alpha value is 0.680. The van der Waals surface area contributed by atoms with Crippen molar-refractivity contribution >= 4 is 54.4 Å². The SMILES string of the molecule is CCc1ccc(Cc2ccc3c(c2)[C@]2(CCC[C@@H](COP(#P)P=PP=PP)O2)OC3)cc1. The quantitative estimate of drug-likeness (QED) is 0.332. The number of aryl methyl sites for hydroxylation is 1. The topological polar surface area (TPSA) is 27.7 Å². The molecule has 2 aromatic carbocycles. The van der Waals surface area contributed by atoms with Gasteiger partial charge in [-0.05, 0) is 12.0 Å². The van der Waals surface area contributed by atoms with Crippen molar-refractivity contribution < 1.29 is 14.0 Å². The molecule has 4 atom stereocenters. The number of hydrogen-bond acceptors (Lipinski definition) is 3. The first kappa shape index (κ1) is 25.8. The van der Waals surface area contributed by atoms with E-state index in [2.05, 4.69) is 66.7 Å². The van der Waals surface area contributed by atoms with Crippen LogP contribution in [0.25, 0.3) is 0 Å². The van der Waals surface area contributed by atoms with Crippen LogP contribution in [-0.4, -0.2) is 12.7 Å². The van der Waals surface area contributed by atoms with Crippen molar-refractivity contribution in [3.05, 3.63) is 70.3 Å². The number of benzene rings is 2. The zero-order chi connectivity index (χ0) is 22.4. The molecule has 2 heterocycles. The van der Waals surface area contributed by atoms with Crippen LogP contribution in [0.2, 0.25) is 0 Å². The molecule has 0 aromatic heterocycles. The molecule has 1 saturated heterocycles. The van der Waals surface area contributed by atoms with Gasteiger partial charge in [0.1, 0.15) is 0 Å². The molecule has 2 aromatic rings. The number of rotatable bonds is 6. The predicted octanol–water partition coefficient (Wildman–Crippen LogP) is 10.1. The molecule has 0 radical (unpaired) electrons. The number of fused-ring (bicyclic) bond motifs is 2. The summed E-state index contributed by atoms with van der Waals surface area (Å²) in [5.41, 5.74) is 6.50. The first-order valence-electron chi connectivity index (χ1n) is 10.8. The third-order valence-electron chi connectivity index (χ3n) is 5.86. The van der Waals surface area contributed by atoms with Crippen LogP contribution in [0.15, 0.2) is 42.5 Å². The van der Waals surface area contributed by atoms with Gasteiger partial charge in [0.05, 0.1) is 0 Å². The molecular formula is C22H27O3P7. The van der Waals surface area contributed by atoms with E-state index < -0.39 is 12.7 Å². The Morgan fingerprint density at radius 1 is 1.16 bits per heavy atom. The van der Waals surface area contributed by atoms with Crippen LogP contribution in [0.4, 0.5) is 0 Å². The van der Waals surface area contributed by atoms with Crippen LogP contribution in [0.1, 0.15) is 54.0 Å². The second kappa shape index (κ2) is 12.6. The summed E-state index contributed by atoms with van der Waals surface area (Å²) in [7, 11) is 12.7. The van der Waals surface area contributed by atoms with E-state index in [1.165, 1.54) is 58.0 Å². The molecule has 0 saturated carbocycles. The second-order valence-corrected chi connectivity index (χ2v) is 21.8. The standard InChI is InChI=1S/C22H27O3P7/c1-2-16-5-7-17(8-6-16)12-18-9-10-19-14-23-22(21(19)13-18)11-3-4-20(25-22)15-24-32(27)31-30-29-28-26/h5-10,13,20H,2-4,11-12,14-15,26H2,1H3/t20-,22+/m0/s1. The summed E-state index contributed by atoms with van der Waals surface area (Å²) in [6.45, 7) is 2.69. The molecule has 0 aliphatic carbocycles. The molecule has 32 heavy (non-hydrogen) atoms. The first-order valence-corrected chi connectivity index (χ1v) is 21.2. The van der Waals surface area contributed by atoms with Crippen molar-refractivity contribution in [3.63, 3.8) is 0 Å². The fraction of sp³-hybridized carbons (Fsp3) is 0.455. The Morgan fingerprint density at radius 3 is 2.72 bits per heavy atom. The van der Waals surface area contributed by atoms with Gasteiger partial charge in [0.25, 0.3) is 0 Å². The maximum absolute atomic E-state index is 6.59. The van der Waals surface area contributed by atoms with E-state index in [1.807, 2.05) is 0 Å².